The first-order chi connectivity index (χ1) is 8.34. The zero-order chi connectivity index (χ0) is 13.8. The van der Waals surface area contributed by atoms with Gasteiger partial charge >= 0.3 is 6.18 Å². The van der Waals surface area contributed by atoms with Crippen LogP contribution in [0.5, 0.6) is 0 Å². The van der Waals surface area contributed by atoms with Crippen molar-refractivity contribution >= 4 is 0 Å². The van der Waals surface area contributed by atoms with E-state index in [1.807, 2.05) is 0 Å². The summed E-state index contributed by atoms with van der Waals surface area (Å²) < 4.78 is 62.3. The lowest BCUT2D eigenvalue weighted by Crippen LogP contribution is -2.32. The standard InChI is InChI=1S/C11H9F5N2/c12-9-2-1-7(10(13)3-9)5-18-6-8(4-17)11(14,15)16/h1-3,8,18H,5-6H2. The van der Waals surface area contributed by atoms with Crippen LogP contribution in [0.4, 0.5) is 22.0 Å². The first kappa shape index (κ1) is 14.4. The third kappa shape index (κ3) is 3.96. The van der Waals surface area contributed by atoms with Gasteiger partial charge in [0.1, 0.15) is 11.6 Å². The number of nitrogens with one attached hydrogen (secondary N) is 1. The molecule has 2 nitrogen and oxygen atoms in total. The van der Waals surface area contributed by atoms with Gasteiger partial charge in [0.2, 0.25) is 0 Å². The Balaban J connectivity index is 2.54. The summed E-state index contributed by atoms with van der Waals surface area (Å²) in [5, 5.41) is 10.6. The molecule has 0 heterocycles. The van der Waals surface area contributed by atoms with E-state index in [1.165, 1.54) is 0 Å². The average molecular weight is 264 g/mol. The van der Waals surface area contributed by atoms with Crippen molar-refractivity contribution in [3.63, 3.8) is 0 Å². The second-order valence-corrected chi connectivity index (χ2v) is 3.59. The van der Waals surface area contributed by atoms with Gasteiger partial charge < -0.3 is 5.32 Å². The fourth-order valence-electron chi connectivity index (χ4n) is 1.25. The van der Waals surface area contributed by atoms with E-state index in [0.29, 0.717) is 6.07 Å². The van der Waals surface area contributed by atoms with Crippen molar-refractivity contribution in [3.05, 3.63) is 35.4 Å². The van der Waals surface area contributed by atoms with Gasteiger partial charge in [-0.3, -0.25) is 0 Å². The van der Waals surface area contributed by atoms with Gasteiger partial charge in [0.25, 0.3) is 0 Å². The van der Waals surface area contributed by atoms with Crippen LogP contribution >= 0.6 is 0 Å². The van der Waals surface area contributed by atoms with E-state index in [2.05, 4.69) is 5.32 Å². The zero-order valence-corrected chi connectivity index (χ0v) is 9.06. The summed E-state index contributed by atoms with van der Waals surface area (Å²) in [6, 6.07) is 3.89. The predicted molar refractivity (Wildman–Crippen MR) is 53.2 cm³/mol. The maximum absolute atomic E-state index is 13.1. The van der Waals surface area contributed by atoms with Crippen LogP contribution in [-0.4, -0.2) is 12.7 Å². The van der Waals surface area contributed by atoms with Crippen molar-refractivity contribution in [2.75, 3.05) is 6.54 Å². The molecule has 18 heavy (non-hydrogen) atoms. The number of hydrogen-bond acceptors (Lipinski definition) is 2. The summed E-state index contributed by atoms with van der Waals surface area (Å²) in [5.74, 6) is -3.76. The Morgan fingerprint density at radius 2 is 1.94 bits per heavy atom. The number of rotatable bonds is 4. The molecule has 0 amide bonds. The van der Waals surface area contributed by atoms with Crippen molar-refractivity contribution in [3.8, 4) is 6.07 Å². The van der Waals surface area contributed by atoms with Gasteiger partial charge in [-0.1, -0.05) is 6.07 Å². The van der Waals surface area contributed by atoms with Crippen LogP contribution in [0.3, 0.4) is 0 Å². The van der Waals surface area contributed by atoms with E-state index < -0.39 is 30.3 Å². The normalized spacial score (nSPS) is 13.1. The van der Waals surface area contributed by atoms with Gasteiger partial charge in [0.15, 0.2) is 5.92 Å². The van der Waals surface area contributed by atoms with Crippen molar-refractivity contribution < 1.29 is 22.0 Å². The van der Waals surface area contributed by atoms with E-state index in [9.17, 15) is 22.0 Å². The highest BCUT2D eigenvalue weighted by atomic mass is 19.4. The van der Waals surface area contributed by atoms with Gasteiger partial charge in [0.05, 0.1) is 6.07 Å². The molecule has 98 valence electrons. The summed E-state index contributed by atoms with van der Waals surface area (Å²) in [6.07, 6.45) is -4.62. The molecule has 0 saturated carbocycles. The molecule has 0 saturated heterocycles. The fourth-order valence-corrected chi connectivity index (χ4v) is 1.25. The number of nitrogens with zero attached hydrogens (tertiary/aromatic N) is 1. The highest BCUT2D eigenvalue weighted by Gasteiger charge is 2.39. The molecule has 1 rings (SSSR count). The summed E-state index contributed by atoms with van der Waals surface area (Å²) >= 11 is 0. The van der Waals surface area contributed by atoms with E-state index in [-0.39, 0.29) is 12.1 Å². The first-order valence-corrected chi connectivity index (χ1v) is 4.95. The number of nitriles is 1. The highest BCUT2D eigenvalue weighted by Crippen LogP contribution is 2.24. The van der Waals surface area contributed by atoms with Gasteiger partial charge in [-0.2, -0.15) is 18.4 Å². The van der Waals surface area contributed by atoms with Crippen LogP contribution in [0.2, 0.25) is 0 Å². The van der Waals surface area contributed by atoms with Crippen LogP contribution in [-0.2, 0) is 6.54 Å². The molecule has 0 aliphatic rings. The highest BCUT2D eigenvalue weighted by molar-refractivity contribution is 5.18. The Labute approximate surface area is 100 Å². The van der Waals surface area contributed by atoms with Gasteiger partial charge in [-0.25, -0.2) is 8.78 Å². The topological polar surface area (TPSA) is 35.8 Å². The molecule has 1 aromatic rings. The molecule has 0 fully saturated rings. The minimum atomic E-state index is -4.62. The molecule has 1 aromatic carbocycles. The number of alkyl halides is 3. The first-order valence-electron chi connectivity index (χ1n) is 4.95. The van der Waals surface area contributed by atoms with Crippen LogP contribution in [0, 0.1) is 28.9 Å². The van der Waals surface area contributed by atoms with Crippen LogP contribution in [0.25, 0.3) is 0 Å². The Bertz CT molecular complexity index is 450. The molecule has 0 radical (unpaired) electrons. The maximum Gasteiger partial charge on any atom is 0.405 e. The van der Waals surface area contributed by atoms with Crippen molar-refractivity contribution in [1.29, 1.82) is 5.26 Å². The number of hydrogen-bond donors (Lipinski definition) is 1. The molecule has 0 bridgehead atoms. The smallest absolute Gasteiger partial charge is 0.311 e. The zero-order valence-electron chi connectivity index (χ0n) is 9.06. The maximum atomic E-state index is 13.1. The summed E-state index contributed by atoms with van der Waals surface area (Å²) in [4.78, 5) is 0. The summed E-state index contributed by atoms with van der Waals surface area (Å²) in [7, 11) is 0. The second-order valence-electron chi connectivity index (χ2n) is 3.59. The largest absolute Gasteiger partial charge is 0.405 e. The third-order valence-electron chi connectivity index (χ3n) is 2.23. The molecule has 0 spiro atoms. The van der Waals surface area contributed by atoms with Gasteiger partial charge in [-0.05, 0) is 6.07 Å². The van der Waals surface area contributed by atoms with Crippen molar-refractivity contribution in [2.24, 2.45) is 5.92 Å². The van der Waals surface area contributed by atoms with Crippen molar-refractivity contribution in [1.82, 2.24) is 5.32 Å². The van der Waals surface area contributed by atoms with Crippen molar-refractivity contribution in [2.45, 2.75) is 12.7 Å². The fraction of sp³-hybridized carbons (Fsp3) is 0.364. The molecule has 0 aliphatic carbocycles. The molecule has 1 atom stereocenters. The van der Waals surface area contributed by atoms with Crippen LogP contribution in [0.15, 0.2) is 18.2 Å². The Kier molecular flexibility index (Phi) is 4.62. The van der Waals surface area contributed by atoms with Gasteiger partial charge in [-0.15, -0.1) is 0 Å². The Morgan fingerprint density at radius 3 is 2.44 bits per heavy atom. The van der Waals surface area contributed by atoms with E-state index in [0.717, 1.165) is 18.2 Å². The third-order valence-corrected chi connectivity index (χ3v) is 2.23. The molecular formula is C11H9F5N2. The lowest BCUT2D eigenvalue weighted by molar-refractivity contribution is -0.157. The Morgan fingerprint density at radius 1 is 1.28 bits per heavy atom. The minimum absolute atomic E-state index is 0.0373. The lowest BCUT2D eigenvalue weighted by Gasteiger charge is -2.14. The average Bonchev–Trinajstić information content (AvgIpc) is 2.25. The summed E-state index contributed by atoms with van der Waals surface area (Å²) in [5.41, 5.74) is 0.0373. The molecule has 7 heteroatoms. The molecule has 0 aromatic heterocycles. The SMILES string of the molecule is N#CC(CNCc1ccc(F)cc1F)C(F)(F)F. The lowest BCUT2D eigenvalue weighted by atomic mass is 10.1. The van der Waals surface area contributed by atoms with Crippen LogP contribution < -0.4 is 5.32 Å². The molecule has 1 N–H and O–H groups in total. The number of benzene rings is 1. The summed E-state index contributed by atoms with van der Waals surface area (Å²) in [6.45, 7) is -0.850. The predicted octanol–water partition coefficient (Wildman–Crippen LogP) is 2.76. The van der Waals surface area contributed by atoms with E-state index >= 15 is 0 Å². The molecule has 0 aliphatic heterocycles. The van der Waals surface area contributed by atoms with Gasteiger partial charge in [0, 0.05) is 24.7 Å². The Hall–Kier alpha value is -1.68. The quantitative estimate of drug-likeness (QED) is 0.849. The number of halogens is 5. The molecule has 1 unspecified atom stereocenters. The minimum Gasteiger partial charge on any atom is -0.311 e. The second kappa shape index (κ2) is 5.78. The van der Waals surface area contributed by atoms with E-state index in [4.69, 9.17) is 5.26 Å². The van der Waals surface area contributed by atoms with Crippen LogP contribution in [0.1, 0.15) is 5.56 Å². The molecular weight excluding hydrogens is 255 g/mol. The van der Waals surface area contributed by atoms with E-state index in [1.54, 1.807) is 0 Å². The monoisotopic (exact) mass is 264 g/mol.